The van der Waals surface area contributed by atoms with Crippen molar-refractivity contribution in [2.24, 2.45) is 5.41 Å². The lowest BCUT2D eigenvalue weighted by Crippen LogP contribution is -2.46. The van der Waals surface area contributed by atoms with Gasteiger partial charge in [0.25, 0.3) is 0 Å². The molecule has 0 fully saturated rings. The fourth-order valence-electron chi connectivity index (χ4n) is 5.10. The van der Waals surface area contributed by atoms with Gasteiger partial charge >= 0.3 is 0 Å². The summed E-state index contributed by atoms with van der Waals surface area (Å²) in [4.78, 5) is 0. The standard InChI is InChI=1S/C30H30N.C3H8O4S/c1-30(2,3)21-31-28(24-15-8-5-9-16-24)20-27(22-12-6-4-7-13-22)26-19-18-23-14-10-11-17-25(23)29(26)31;1-3(2)7-8(4,5)6/h4-17,20H,18-19,21H2,1-3H3;3H,1-2H3,(H,4,5,6)/q+1;/p-1. The van der Waals surface area contributed by atoms with Crippen molar-refractivity contribution in [2.45, 2.75) is 60.1 Å². The van der Waals surface area contributed by atoms with Gasteiger partial charge in [-0.1, -0.05) is 87.5 Å². The van der Waals surface area contributed by atoms with Crippen LogP contribution in [0.3, 0.4) is 0 Å². The molecule has 0 radical (unpaired) electrons. The highest BCUT2D eigenvalue weighted by molar-refractivity contribution is 7.80. The minimum atomic E-state index is -4.47. The van der Waals surface area contributed by atoms with E-state index in [1.165, 1.54) is 58.6 Å². The zero-order chi connectivity index (χ0) is 28.2. The van der Waals surface area contributed by atoms with Gasteiger partial charge in [-0.25, -0.2) is 8.42 Å². The van der Waals surface area contributed by atoms with Gasteiger partial charge in [-0.15, -0.1) is 0 Å². The van der Waals surface area contributed by atoms with Crippen molar-refractivity contribution in [3.8, 4) is 33.6 Å². The second-order valence-electron chi connectivity index (χ2n) is 11.4. The molecule has 3 aromatic carbocycles. The zero-order valence-electron chi connectivity index (χ0n) is 23.3. The van der Waals surface area contributed by atoms with Gasteiger partial charge in [0.05, 0.1) is 6.10 Å². The zero-order valence-corrected chi connectivity index (χ0v) is 24.2. The molecule has 5 rings (SSSR count). The molecule has 0 unspecified atom stereocenters. The number of pyridine rings is 1. The smallest absolute Gasteiger partial charge is 0.217 e. The highest BCUT2D eigenvalue weighted by atomic mass is 32.3. The highest BCUT2D eigenvalue weighted by Gasteiger charge is 2.34. The van der Waals surface area contributed by atoms with Gasteiger partial charge in [0, 0.05) is 28.2 Å². The average Bonchev–Trinajstić information content (AvgIpc) is 2.87. The summed E-state index contributed by atoms with van der Waals surface area (Å²) in [5.74, 6) is 0. The first-order valence-electron chi connectivity index (χ1n) is 13.4. The van der Waals surface area contributed by atoms with Crippen LogP contribution in [0.25, 0.3) is 33.6 Å². The maximum absolute atomic E-state index is 9.66. The molecule has 4 aromatic rings. The van der Waals surface area contributed by atoms with Crippen LogP contribution in [-0.4, -0.2) is 19.1 Å². The fourth-order valence-corrected chi connectivity index (χ4v) is 5.57. The summed E-state index contributed by atoms with van der Waals surface area (Å²) in [5.41, 5.74) is 11.1. The first-order valence-corrected chi connectivity index (χ1v) is 14.7. The molecule has 0 saturated carbocycles. The van der Waals surface area contributed by atoms with Crippen molar-refractivity contribution < 1.29 is 21.7 Å². The summed E-state index contributed by atoms with van der Waals surface area (Å²) in [6.07, 6.45) is 1.62. The van der Waals surface area contributed by atoms with Crippen LogP contribution in [0.15, 0.2) is 91.0 Å². The van der Waals surface area contributed by atoms with Crippen LogP contribution in [0.2, 0.25) is 0 Å². The van der Waals surface area contributed by atoms with E-state index in [1.807, 2.05) is 0 Å². The Morgan fingerprint density at radius 2 is 1.38 bits per heavy atom. The van der Waals surface area contributed by atoms with Crippen LogP contribution in [0, 0.1) is 5.41 Å². The Bertz CT molecular complexity index is 1520. The molecular weight excluding hydrogens is 506 g/mol. The lowest BCUT2D eigenvalue weighted by Gasteiger charge is -2.25. The molecule has 1 heterocycles. The summed E-state index contributed by atoms with van der Waals surface area (Å²) >= 11 is 0. The van der Waals surface area contributed by atoms with Crippen LogP contribution < -0.4 is 4.57 Å². The van der Waals surface area contributed by atoms with Gasteiger partial charge in [0.2, 0.25) is 21.8 Å². The number of fused-ring (bicyclic) bond motifs is 3. The third-order valence-corrected chi connectivity index (χ3v) is 7.09. The third-order valence-electron chi connectivity index (χ3n) is 6.47. The van der Waals surface area contributed by atoms with Gasteiger partial charge < -0.3 is 4.55 Å². The Labute approximate surface area is 233 Å². The number of aromatic nitrogens is 1. The molecule has 0 atom stereocenters. The molecule has 204 valence electrons. The Morgan fingerprint density at radius 1 is 0.821 bits per heavy atom. The first kappa shape index (κ1) is 28.7. The molecule has 6 heteroatoms. The van der Waals surface area contributed by atoms with Crippen molar-refractivity contribution in [3.05, 3.63) is 102 Å². The number of hydrogen-bond acceptors (Lipinski definition) is 4. The van der Waals surface area contributed by atoms with E-state index in [-0.39, 0.29) is 5.41 Å². The predicted molar refractivity (Wildman–Crippen MR) is 156 cm³/mol. The average molecular weight is 544 g/mol. The van der Waals surface area contributed by atoms with Gasteiger partial charge in [-0.3, -0.25) is 4.18 Å². The molecule has 1 aliphatic rings. The van der Waals surface area contributed by atoms with E-state index >= 15 is 0 Å². The van der Waals surface area contributed by atoms with Crippen LogP contribution in [0.5, 0.6) is 0 Å². The second kappa shape index (κ2) is 11.8. The van der Waals surface area contributed by atoms with Crippen LogP contribution in [-0.2, 0) is 34.0 Å². The number of hydrogen-bond donors (Lipinski definition) is 0. The molecule has 39 heavy (non-hydrogen) atoms. The van der Waals surface area contributed by atoms with E-state index in [4.69, 9.17) is 0 Å². The SMILES string of the molecule is CC(C)(C)C[n+]1c(-c2ccccc2)cc(-c2ccccc2)c2c1-c1ccccc1CC2.CC(C)OS(=O)(=O)[O-]. The van der Waals surface area contributed by atoms with Crippen LogP contribution in [0.1, 0.15) is 45.7 Å². The van der Waals surface area contributed by atoms with Crippen molar-refractivity contribution in [2.75, 3.05) is 0 Å². The summed E-state index contributed by atoms with van der Waals surface area (Å²) < 4.78 is 35.4. The third kappa shape index (κ3) is 7.41. The fraction of sp³-hybridized carbons (Fsp3) is 0.303. The molecule has 0 amide bonds. The summed E-state index contributed by atoms with van der Waals surface area (Å²) in [6, 6.07) is 33.2. The normalized spacial score (nSPS) is 12.8. The van der Waals surface area contributed by atoms with E-state index in [0.717, 1.165) is 19.4 Å². The Hall–Kier alpha value is -3.32. The van der Waals surface area contributed by atoms with E-state index < -0.39 is 16.5 Å². The second-order valence-corrected chi connectivity index (χ2v) is 12.4. The minimum absolute atomic E-state index is 0.169. The molecular formula is C33H37NO4S. The Morgan fingerprint density at radius 3 is 1.92 bits per heavy atom. The number of benzene rings is 3. The number of rotatable bonds is 5. The van der Waals surface area contributed by atoms with Crippen molar-refractivity contribution >= 4 is 10.4 Å². The summed E-state index contributed by atoms with van der Waals surface area (Å²) in [6.45, 7) is 10.9. The summed E-state index contributed by atoms with van der Waals surface area (Å²) in [5, 5.41) is 0. The minimum Gasteiger partial charge on any atom is -0.726 e. The van der Waals surface area contributed by atoms with E-state index in [0.29, 0.717) is 0 Å². The number of nitrogens with zero attached hydrogens (tertiary/aromatic N) is 1. The van der Waals surface area contributed by atoms with E-state index in [2.05, 4.69) is 121 Å². The quantitative estimate of drug-likeness (QED) is 0.155. The Kier molecular flexibility index (Phi) is 8.70. The van der Waals surface area contributed by atoms with Crippen molar-refractivity contribution in [1.82, 2.24) is 0 Å². The lowest BCUT2D eigenvalue weighted by molar-refractivity contribution is -0.687. The molecule has 1 aliphatic carbocycles. The molecule has 0 aliphatic heterocycles. The molecule has 0 bridgehead atoms. The molecule has 1 aromatic heterocycles. The Balaban J connectivity index is 0.000000386. The van der Waals surface area contributed by atoms with Gasteiger partial charge in [-0.2, -0.15) is 4.57 Å². The number of aryl methyl sites for hydroxylation is 1. The topological polar surface area (TPSA) is 70.3 Å². The van der Waals surface area contributed by atoms with Gasteiger partial charge in [0.15, 0.2) is 6.54 Å². The predicted octanol–water partition coefficient (Wildman–Crippen LogP) is 6.99. The molecule has 0 spiro atoms. The van der Waals surface area contributed by atoms with Crippen LogP contribution >= 0.6 is 0 Å². The molecule has 5 nitrogen and oxygen atoms in total. The van der Waals surface area contributed by atoms with Gasteiger partial charge in [-0.05, 0) is 61.6 Å². The summed E-state index contributed by atoms with van der Waals surface area (Å²) in [7, 11) is -4.47. The largest absolute Gasteiger partial charge is 0.726 e. The molecule has 0 saturated heterocycles. The maximum atomic E-state index is 9.66. The first-order chi connectivity index (χ1) is 18.4. The van der Waals surface area contributed by atoms with Crippen LogP contribution in [0.4, 0.5) is 0 Å². The molecule has 0 N–H and O–H groups in total. The van der Waals surface area contributed by atoms with Crippen molar-refractivity contribution in [1.29, 1.82) is 0 Å². The highest BCUT2D eigenvalue weighted by Crippen LogP contribution is 2.39. The maximum Gasteiger partial charge on any atom is 0.217 e. The van der Waals surface area contributed by atoms with Crippen molar-refractivity contribution in [3.63, 3.8) is 0 Å². The van der Waals surface area contributed by atoms with Gasteiger partial charge in [0.1, 0.15) is 0 Å². The van der Waals surface area contributed by atoms with E-state index in [1.54, 1.807) is 0 Å². The van der Waals surface area contributed by atoms with E-state index in [9.17, 15) is 13.0 Å². The monoisotopic (exact) mass is 543 g/mol. The lowest BCUT2D eigenvalue weighted by atomic mass is 9.83.